The van der Waals surface area contributed by atoms with Crippen LogP contribution in [0.5, 0.6) is 0 Å². The summed E-state index contributed by atoms with van der Waals surface area (Å²) >= 11 is 0. The highest BCUT2D eigenvalue weighted by Gasteiger charge is 2.39. The van der Waals surface area contributed by atoms with Crippen LogP contribution in [0.25, 0.3) is 0 Å². The largest absolute Gasteiger partial charge is 0.422 e. The third-order valence-electron chi connectivity index (χ3n) is 1.85. The van der Waals surface area contributed by atoms with E-state index in [0.717, 1.165) is 6.20 Å². The number of nitrogens with zero attached hydrogens (tertiary/aromatic N) is 2. The van der Waals surface area contributed by atoms with Gasteiger partial charge in [-0.1, -0.05) is 13.8 Å². The van der Waals surface area contributed by atoms with Gasteiger partial charge in [0.25, 0.3) is 0 Å². The predicted octanol–water partition coefficient (Wildman–Crippen LogP) is 1.04. The lowest BCUT2D eigenvalue weighted by Gasteiger charge is -2.11. The van der Waals surface area contributed by atoms with Crippen molar-refractivity contribution in [3.63, 3.8) is 0 Å². The third-order valence-corrected chi connectivity index (χ3v) is 1.85. The highest BCUT2D eigenvalue weighted by molar-refractivity contribution is 5.79. The molecule has 0 spiro atoms. The summed E-state index contributed by atoms with van der Waals surface area (Å²) in [6, 6.07) is -3.76. The molecule has 0 fully saturated rings. The van der Waals surface area contributed by atoms with E-state index < -0.39 is 12.0 Å². The molecule has 0 aliphatic heterocycles. The molecule has 6 heteroatoms. The number of carbonyl (C=O) groups is 1. The number of aromatic nitrogens is 2. The molecule has 0 radical (unpaired) electrons. The number of hydrogen-bond donors (Lipinski definition) is 1. The number of halogens is 2. The van der Waals surface area contributed by atoms with E-state index in [0.29, 0.717) is 5.56 Å². The first-order valence-corrected chi connectivity index (χ1v) is 4.08. The van der Waals surface area contributed by atoms with Crippen LogP contribution >= 0.6 is 0 Å². The standard InChI is InChI=1S/C8H11F2N3O/c1-5(2)6-3-12-13(4-6)8(9,10)7(11)14/h3-5H,1-2H3,(H2,11,14). The molecule has 1 aromatic rings. The first-order chi connectivity index (χ1) is 6.35. The van der Waals surface area contributed by atoms with Crippen molar-refractivity contribution in [1.82, 2.24) is 9.78 Å². The van der Waals surface area contributed by atoms with Gasteiger partial charge in [0.2, 0.25) is 0 Å². The molecule has 1 amide bonds. The van der Waals surface area contributed by atoms with Crippen molar-refractivity contribution in [2.45, 2.75) is 25.8 Å². The molecule has 0 saturated heterocycles. The van der Waals surface area contributed by atoms with Crippen LogP contribution in [0.1, 0.15) is 25.3 Å². The van der Waals surface area contributed by atoms with Gasteiger partial charge in [-0.3, -0.25) is 4.79 Å². The molecule has 0 aliphatic carbocycles. The summed E-state index contributed by atoms with van der Waals surface area (Å²) < 4.78 is 26.2. The third kappa shape index (κ3) is 1.73. The summed E-state index contributed by atoms with van der Waals surface area (Å²) in [6.07, 6.45) is 2.41. The van der Waals surface area contributed by atoms with E-state index in [1.165, 1.54) is 6.20 Å². The lowest BCUT2D eigenvalue weighted by Crippen LogP contribution is -2.38. The van der Waals surface area contributed by atoms with Crippen molar-refractivity contribution in [2.24, 2.45) is 5.73 Å². The minimum absolute atomic E-state index is 0.0763. The molecule has 14 heavy (non-hydrogen) atoms. The number of alkyl halides is 2. The van der Waals surface area contributed by atoms with Crippen LogP contribution in [0, 0.1) is 0 Å². The van der Waals surface area contributed by atoms with Gasteiger partial charge in [-0.25, -0.2) is 4.68 Å². The Morgan fingerprint density at radius 3 is 2.57 bits per heavy atom. The zero-order valence-electron chi connectivity index (χ0n) is 7.87. The van der Waals surface area contributed by atoms with Gasteiger partial charge in [-0.2, -0.15) is 13.9 Å². The molecule has 1 heterocycles. The number of nitrogens with two attached hydrogens (primary N) is 1. The summed E-state index contributed by atoms with van der Waals surface area (Å²) in [5.41, 5.74) is 5.17. The van der Waals surface area contributed by atoms with Crippen molar-refractivity contribution < 1.29 is 13.6 Å². The van der Waals surface area contributed by atoms with Crippen molar-refractivity contribution in [3.8, 4) is 0 Å². The molecular formula is C8H11F2N3O. The van der Waals surface area contributed by atoms with E-state index in [2.05, 4.69) is 10.8 Å². The van der Waals surface area contributed by atoms with E-state index in [9.17, 15) is 13.6 Å². The fourth-order valence-corrected chi connectivity index (χ4v) is 0.901. The second-order valence-corrected chi connectivity index (χ2v) is 3.28. The number of hydrogen-bond acceptors (Lipinski definition) is 2. The van der Waals surface area contributed by atoms with Crippen molar-refractivity contribution in [1.29, 1.82) is 0 Å². The van der Waals surface area contributed by atoms with E-state index >= 15 is 0 Å². The summed E-state index contributed by atoms with van der Waals surface area (Å²) in [6.45, 7) is 3.67. The average molecular weight is 203 g/mol. The fraction of sp³-hybridized carbons (Fsp3) is 0.500. The molecule has 1 aromatic heterocycles. The molecule has 78 valence electrons. The molecule has 0 bridgehead atoms. The SMILES string of the molecule is CC(C)c1cnn(C(F)(F)C(N)=O)c1. The normalized spacial score (nSPS) is 12.1. The summed E-state index contributed by atoms with van der Waals surface area (Å²) in [5, 5.41) is 3.40. The van der Waals surface area contributed by atoms with Crippen LogP contribution in [-0.2, 0) is 10.8 Å². The maximum absolute atomic E-state index is 13.0. The summed E-state index contributed by atoms with van der Waals surface area (Å²) in [5.74, 6) is -1.64. The summed E-state index contributed by atoms with van der Waals surface area (Å²) in [7, 11) is 0. The number of primary amides is 1. The molecule has 0 aromatic carbocycles. The minimum Gasteiger partial charge on any atom is -0.363 e. The van der Waals surface area contributed by atoms with Gasteiger partial charge < -0.3 is 5.73 Å². The molecule has 1 rings (SSSR count). The molecule has 0 saturated carbocycles. The van der Waals surface area contributed by atoms with Gasteiger partial charge in [0, 0.05) is 6.20 Å². The Morgan fingerprint density at radius 2 is 2.21 bits per heavy atom. The topological polar surface area (TPSA) is 60.9 Å². The van der Waals surface area contributed by atoms with Crippen LogP contribution in [0.15, 0.2) is 12.4 Å². The molecular weight excluding hydrogens is 192 g/mol. The Bertz CT molecular complexity index is 346. The Morgan fingerprint density at radius 1 is 1.64 bits per heavy atom. The lowest BCUT2D eigenvalue weighted by molar-refractivity contribution is -0.159. The van der Waals surface area contributed by atoms with E-state index in [1.54, 1.807) is 0 Å². The van der Waals surface area contributed by atoms with Gasteiger partial charge in [-0.05, 0) is 11.5 Å². The van der Waals surface area contributed by atoms with Gasteiger partial charge in [0.15, 0.2) is 0 Å². The monoisotopic (exact) mass is 203 g/mol. The molecule has 0 aliphatic rings. The Kier molecular flexibility index (Phi) is 2.55. The number of amides is 1. The number of carbonyl (C=O) groups excluding carboxylic acids is 1. The van der Waals surface area contributed by atoms with Crippen molar-refractivity contribution >= 4 is 5.91 Å². The highest BCUT2D eigenvalue weighted by atomic mass is 19.3. The Balaban J connectivity index is 3.03. The van der Waals surface area contributed by atoms with Gasteiger partial charge in [0.1, 0.15) is 0 Å². The van der Waals surface area contributed by atoms with Crippen molar-refractivity contribution in [3.05, 3.63) is 18.0 Å². The first-order valence-electron chi connectivity index (χ1n) is 4.08. The molecule has 2 N–H and O–H groups in total. The molecule has 4 nitrogen and oxygen atoms in total. The Labute approximate surface area is 79.7 Å². The second-order valence-electron chi connectivity index (χ2n) is 3.28. The zero-order valence-corrected chi connectivity index (χ0v) is 7.87. The number of rotatable bonds is 3. The quantitative estimate of drug-likeness (QED) is 0.797. The maximum Gasteiger partial charge on any atom is 0.422 e. The lowest BCUT2D eigenvalue weighted by atomic mass is 10.1. The smallest absolute Gasteiger partial charge is 0.363 e. The summed E-state index contributed by atoms with van der Waals surface area (Å²) in [4.78, 5) is 10.4. The minimum atomic E-state index is -3.76. The maximum atomic E-state index is 13.0. The molecule has 0 unspecified atom stereocenters. The van der Waals surface area contributed by atoms with Crippen LogP contribution in [0.4, 0.5) is 8.78 Å². The van der Waals surface area contributed by atoms with Crippen LogP contribution in [-0.4, -0.2) is 15.7 Å². The molecule has 0 atom stereocenters. The van der Waals surface area contributed by atoms with E-state index in [4.69, 9.17) is 0 Å². The zero-order chi connectivity index (χ0) is 10.9. The predicted molar refractivity (Wildman–Crippen MR) is 45.7 cm³/mol. The Hall–Kier alpha value is -1.46. The fourth-order valence-electron chi connectivity index (χ4n) is 0.901. The first kappa shape index (κ1) is 10.6. The van der Waals surface area contributed by atoms with Crippen LogP contribution < -0.4 is 5.73 Å². The van der Waals surface area contributed by atoms with Crippen LogP contribution in [0.2, 0.25) is 0 Å². The van der Waals surface area contributed by atoms with E-state index in [-0.39, 0.29) is 10.6 Å². The van der Waals surface area contributed by atoms with Gasteiger partial charge >= 0.3 is 12.0 Å². The van der Waals surface area contributed by atoms with Crippen LogP contribution in [0.3, 0.4) is 0 Å². The van der Waals surface area contributed by atoms with Gasteiger partial charge in [-0.15, -0.1) is 0 Å². The highest BCUT2D eigenvalue weighted by Crippen LogP contribution is 2.21. The van der Waals surface area contributed by atoms with Gasteiger partial charge in [0.05, 0.1) is 6.20 Å². The second kappa shape index (κ2) is 3.36. The van der Waals surface area contributed by atoms with E-state index in [1.807, 2.05) is 13.8 Å². The average Bonchev–Trinajstić information content (AvgIpc) is 2.51. The van der Waals surface area contributed by atoms with Crippen molar-refractivity contribution in [2.75, 3.05) is 0 Å².